The monoisotopic (exact) mass is 208 g/mol. The summed E-state index contributed by atoms with van der Waals surface area (Å²) in [6.07, 6.45) is 7.25. The van der Waals surface area contributed by atoms with Gasteiger partial charge in [0.1, 0.15) is 0 Å². The second-order valence-corrected chi connectivity index (χ2v) is 4.72. The molecule has 0 aromatic rings. The molecule has 0 heterocycles. The van der Waals surface area contributed by atoms with Crippen LogP contribution in [0, 0.1) is 17.2 Å². The zero-order valence-electron chi connectivity index (χ0n) is 10.4. The fraction of sp³-hybridized carbons (Fsp3) is 0.923. The Morgan fingerprint density at radius 2 is 1.87 bits per heavy atom. The summed E-state index contributed by atoms with van der Waals surface area (Å²) in [6.45, 7) is 4.49. The molecule has 0 aromatic carbocycles. The van der Waals surface area contributed by atoms with Gasteiger partial charge in [0.05, 0.1) is 12.0 Å². The number of hydrogen-bond acceptors (Lipinski definition) is 2. The predicted octanol–water partition coefficient (Wildman–Crippen LogP) is 3.19. The Kier molecular flexibility index (Phi) is 5.11. The van der Waals surface area contributed by atoms with Crippen molar-refractivity contribution in [3.05, 3.63) is 0 Å². The molecule has 0 aromatic heterocycles. The second-order valence-electron chi connectivity index (χ2n) is 4.72. The van der Waals surface area contributed by atoms with Crippen LogP contribution in [0.5, 0.6) is 0 Å². The number of nitrogens with zero attached hydrogens (tertiary/aromatic N) is 2. The number of rotatable bonds is 4. The van der Waals surface area contributed by atoms with Gasteiger partial charge in [0, 0.05) is 12.1 Å². The molecular weight excluding hydrogens is 184 g/mol. The Balaban J connectivity index is 2.63. The first kappa shape index (κ1) is 12.5. The van der Waals surface area contributed by atoms with Crippen LogP contribution < -0.4 is 0 Å². The van der Waals surface area contributed by atoms with Gasteiger partial charge in [-0.25, -0.2) is 0 Å². The van der Waals surface area contributed by atoms with Crippen molar-refractivity contribution in [2.24, 2.45) is 5.92 Å². The van der Waals surface area contributed by atoms with Crippen LogP contribution in [0.15, 0.2) is 0 Å². The third kappa shape index (κ3) is 2.95. The van der Waals surface area contributed by atoms with Crippen molar-refractivity contribution < 1.29 is 0 Å². The van der Waals surface area contributed by atoms with Gasteiger partial charge in [-0.1, -0.05) is 26.7 Å². The number of nitriles is 1. The van der Waals surface area contributed by atoms with Crippen LogP contribution >= 0.6 is 0 Å². The lowest BCUT2D eigenvalue weighted by atomic mass is 9.84. The standard InChI is InChI=1S/C13H24N2/c1-4-12(5-2)15(3)13-9-7-6-8-11(13)10-14/h11-13H,4-9H2,1-3H3. The molecule has 0 radical (unpaired) electrons. The first-order chi connectivity index (χ1) is 7.24. The maximum absolute atomic E-state index is 9.16. The van der Waals surface area contributed by atoms with Crippen LogP contribution in [0.25, 0.3) is 0 Å². The van der Waals surface area contributed by atoms with Crippen molar-refractivity contribution in [3.8, 4) is 6.07 Å². The molecule has 0 bridgehead atoms. The normalized spacial score (nSPS) is 26.9. The van der Waals surface area contributed by atoms with Crippen LogP contribution in [-0.2, 0) is 0 Å². The topological polar surface area (TPSA) is 27.0 Å². The van der Waals surface area contributed by atoms with Gasteiger partial charge in [0.15, 0.2) is 0 Å². The molecule has 2 unspecified atom stereocenters. The van der Waals surface area contributed by atoms with Crippen molar-refractivity contribution >= 4 is 0 Å². The lowest BCUT2D eigenvalue weighted by molar-refractivity contribution is 0.105. The van der Waals surface area contributed by atoms with Gasteiger partial charge < -0.3 is 0 Å². The maximum atomic E-state index is 9.16. The first-order valence-electron chi connectivity index (χ1n) is 6.36. The summed E-state index contributed by atoms with van der Waals surface area (Å²) in [7, 11) is 2.21. The van der Waals surface area contributed by atoms with Gasteiger partial charge in [0.25, 0.3) is 0 Å². The summed E-state index contributed by atoms with van der Waals surface area (Å²) in [5.74, 6) is 0.268. The molecule has 1 fully saturated rings. The molecule has 2 heteroatoms. The molecule has 2 nitrogen and oxygen atoms in total. The van der Waals surface area contributed by atoms with E-state index in [1.165, 1.54) is 32.1 Å². The highest BCUT2D eigenvalue weighted by Gasteiger charge is 2.30. The van der Waals surface area contributed by atoms with Crippen molar-refractivity contribution in [3.63, 3.8) is 0 Å². The highest BCUT2D eigenvalue weighted by Crippen LogP contribution is 2.29. The molecule has 1 rings (SSSR count). The van der Waals surface area contributed by atoms with Crippen LogP contribution in [0.2, 0.25) is 0 Å². The van der Waals surface area contributed by atoms with Gasteiger partial charge in [-0.15, -0.1) is 0 Å². The zero-order valence-corrected chi connectivity index (χ0v) is 10.4. The molecule has 0 aliphatic heterocycles. The average molecular weight is 208 g/mol. The molecule has 15 heavy (non-hydrogen) atoms. The van der Waals surface area contributed by atoms with Crippen LogP contribution in [0.4, 0.5) is 0 Å². The average Bonchev–Trinajstić information content (AvgIpc) is 2.30. The van der Waals surface area contributed by atoms with Gasteiger partial charge in [-0.3, -0.25) is 4.90 Å². The zero-order chi connectivity index (χ0) is 11.3. The van der Waals surface area contributed by atoms with Crippen molar-refractivity contribution in [1.29, 1.82) is 5.26 Å². The van der Waals surface area contributed by atoms with Crippen molar-refractivity contribution in [2.45, 2.75) is 64.5 Å². The van der Waals surface area contributed by atoms with E-state index in [1.54, 1.807) is 0 Å². The maximum Gasteiger partial charge on any atom is 0.0672 e. The second kappa shape index (κ2) is 6.12. The Labute approximate surface area is 94.3 Å². The lowest BCUT2D eigenvalue weighted by Gasteiger charge is -2.39. The Morgan fingerprint density at radius 1 is 1.27 bits per heavy atom. The van der Waals surface area contributed by atoms with E-state index in [9.17, 15) is 0 Å². The highest BCUT2D eigenvalue weighted by atomic mass is 15.2. The molecular formula is C13H24N2. The SMILES string of the molecule is CCC(CC)N(C)C1CCCCC1C#N. The summed E-state index contributed by atoms with van der Waals surface area (Å²) >= 11 is 0. The molecule has 0 saturated heterocycles. The number of hydrogen-bond donors (Lipinski definition) is 0. The Hall–Kier alpha value is -0.550. The summed E-state index contributed by atoms with van der Waals surface area (Å²) < 4.78 is 0. The predicted molar refractivity (Wildman–Crippen MR) is 63.5 cm³/mol. The smallest absolute Gasteiger partial charge is 0.0672 e. The summed E-state index contributed by atoms with van der Waals surface area (Å²) in [4.78, 5) is 2.47. The largest absolute Gasteiger partial charge is 0.299 e. The molecule has 2 atom stereocenters. The summed E-state index contributed by atoms with van der Waals surface area (Å²) in [6, 6.07) is 3.66. The van der Waals surface area contributed by atoms with E-state index in [1.807, 2.05) is 0 Å². The molecule has 0 amide bonds. The molecule has 1 saturated carbocycles. The first-order valence-corrected chi connectivity index (χ1v) is 6.36. The van der Waals surface area contributed by atoms with Crippen molar-refractivity contribution in [2.75, 3.05) is 7.05 Å². The van der Waals surface area contributed by atoms with E-state index >= 15 is 0 Å². The minimum Gasteiger partial charge on any atom is -0.299 e. The van der Waals surface area contributed by atoms with Crippen LogP contribution in [0.3, 0.4) is 0 Å². The molecule has 1 aliphatic rings. The van der Waals surface area contributed by atoms with Gasteiger partial charge >= 0.3 is 0 Å². The Bertz CT molecular complexity index is 215. The van der Waals surface area contributed by atoms with E-state index in [-0.39, 0.29) is 5.92 Å². The lowest BCUT2D eigenvalue weighted by Crippen LogP contribution is -2.45. The fourth-order valence-electron chi connectivity index (χ4n) is 2.88. The summed E-state index contributed by atoms with van der Waals surface area (Å²) in [5, 5.41) is 9.16. The van der Waals surface area contributed by atoms with Gasteiger partial charge in [-0.2, -0.15) is 5.26 Å². The van der Waals surface area contributed by atoms with E-state index in [0.29, 0.717) is 12.1 Å². The molecule has 1 aliphatic carbocycles. The van der Waals surface area contributed by atoms with Gasteiger partial charge in [0.2, 0.25) is 0 Å². The minimum atomic E-state index is 0.268. The minimum absolute atomic E-state index is 0.268. The van der Waals surface area contributed by atoms with E-state index in [4.69, 9.17) is 5.26 Å². The molecule has 0 N–H and O–H groups in total. The van der Waals surface area contributed by atoms with Crippen molar-refractivity contribution in [1.82, 2.24) is 4.90 Å². The quantitative estimate of drug-likeness (QED) is 0.709. The third-order valence-electron chi connectivity index (χ3n) is 3.94. The third-order valence-corrected chi connectivity index (χ3v) is 3.94. The molecule has 86 valence electrons. The highest BCUT2D eigenvalue weighted by molar-refractivity contribution is 4.96. The van der Waals surface area contributed by atoms with E-state index < -0.39 is 0 Å². The van der Waals surface area contributed by atoms with Crippen LogP contribution in [-0.4, -0.2) is 24.0 Å². The Morgan fingerprint density at radius 3 is 2.40 bits per heavy atom. The summed E-state index contributed by atoms with van der Waals surface area (Å²) in [5.41, 5.74) is 0. The van der Waals surface area contributed by atoms with E-state index in [2.05, 4.69) is 31.9 Å². The molecule has 0 spiro atoms. The van der Waals surface area contributed by atoms with Crippen LogP contribution in [0.1, 0.15) is 52.4 Å². The fourth-order valence-corrected chi connectivity index (χ4v) is 2.88. The van der Waals surface area contributed by atoms with Gasteiger partial charge in [-0.05, 0) is 32.7 Å². The van der Waals surface area contributed by atoms with E-state index in [0.717, 1.165) is 6.42 Å².